The van der Waals surface area contributed by atoms with Crippen LogP contribution in [-0.2, 0) is 0 Å². The van der Waals surface area contributed by atoms with Gasteiger partial charge in [0.2, 0.25) is 0 Å². The van der Waals surface area contributed by atoms with Crippen LogP contribution in [0.2, 0.25) is 0 Å². The Morgan fingerprint density at radius 3 is 2.21 bits per heavy atom. The highest BCUT2D eigenvalue weighted by Gasteiger charge is 2.16. The second-order valence-electron chi connectivity index (χ2n) is 4.09. The van der Waals surface area contributed by atoms with E-state index in [4.69, 9.17) is 0 Å². The van der Waals surface area contributed by atoms with Gasteiger partial charge in [-0.1, -0.05) is 26.3 Å². The third-order valence-corrected chi connectivity index (χ3v) is 2.56. The predicted octanol–water partition coefficient (Wildman–Crippen LogP) is 3.17. The molecule has 0 heterocycles. The lowest BCUT2D eigenvalue weighted by molar-refractivity contribution is 0.191. The fourth-order valence-corrected chi connectivity index (χ4v) is 1.93. The van der Waals surface area contributed by atoms with E-state index in [1.807, 2.05) is 7.05 Å². The molecule has 0 amide bonds. The van der Waals surface area contributed by atoms with Crippen molar-refractivity contribution >= 4 is 0 Å². The first kappa shape index (κ1) is 13.5. The van der Waals surface area contributed by atoms with E-state index in [1.165, 1.54) is 18.5 Å². The van der Waals surface area contributed by atoms with Crippen LogP contribution in [0, 0.1) is 5.92 Å². The highest BCUT2D eigenvalue weighted by molar-refractivity contribution is 5.03. The van der Waals surface area contributed by atoms with Crippen molar-refractivity contribution in [1.82, 2.24) is 10.4 Å². The van der Waals surface area contributed by atoms with Crippen LogP contribution < -0.4 is 5.43 Å². The van der Waals surface area contributed by atoms with Gasteiger partial charge in [-0.15, -0.1) is 0 Å². The summed E-state index contributed by atoms with van der Waals surface area (Å²) in [6.45, 7) is 11.1. The van der Waals surface area contributed by atoms with Gasteiger partial charge in [-0.2, -0.15) is 0 Å². The van der Waals surface area contributed by atoms with Crippen LogP contribution in [0.4, 0.5) is 0 Å². The zero-order chi connectivity index (χ0) is 11.1. The second-order valence-corrected chi connectivity index (χ2v) is 4.09. The number of hydrogen-bond donors (Lipinski definition) is 1. The zero-order valence-corrected chi connectivity index (χ0v) is 10.6. The van der Waals surface area contributed by atoms with E-state index in [0.717, 1.165) is 0 Å². The van der Waals surface area contributed by atoms with Crippen molar-refractivity contribution in [3.63, 3.8) is 0 Å². The SMILES string of the molecule is C/C=C(/C(C)CCC)N(NC)C(C)C. The number of nitrogens with zero attached hydrogens (tertiary/aromatic N) is 1. The Morgan fingerprint density at radius 1 is 1.36 bits per heavy atom. The first-order chi connectivity index (χ1) is 6.58. The number of nitrogens with one attached hydrogen (secondary N) is 1. The van der Waals surface area contributed by atoms with E-state index in [-0.39, 0.29) is 0 Å². The molecule has 0 aliphatic carbocycles. The standard InChI is InChI=1S/C12H26N2/c1-7-9-11(5)12(8-2)14(13-6)10(3)4/h8,10-11,13H,7,9H2,1-6H3/b12-8-. The first-order valence-electron chi connectivity index (χ1n) is 5.71. The maximum Gasteiger partial charge on any atom is 0.0394 e. The van der Waals surface area contributed by atoms with Crippen molar-refractivity contribution in [2.45, 2.75) is 53.5 Å². The summed E-state index contributed by atoms with van der Waals surface area (Å²) < 4.78 is 0. The molecule has 1 atom stereocenters. The molecule has 0 aliphatic rings. The second kappa shape index (κ2) is 6.88. The minimum absolute atomic E-state index is 0.505. The van der Waals surface area contributed by atoms with Gasteiger partial charge in [-0.25, -0.2) is 5.43 Å². The summed E-state index contributed by atoms with van der Waals surface area (Å²) in [5.41, 5.74) is 4.66. The van der Waals surface area contributed by atoms with Crippen molar-refractivity contribution in [3.8, 4) is 0 Å². The lowest BCUT2D eigenvalue weighted by Crippen LogP contribution is -2.41. The van der Waals surface area contributed by atoms with Crippen LogP contribution >= 0.6 is 0 Å². The predicted molar refractivity (Wildman–Crippen MR) is 63.9 cm³/mol. The number of hydrogen-bond acceptors (Lipinski definition) is 2. The van der Waals surface area contributed by atoms with Crippen molar-refractivity contribution in [2.24, 2.45) is 5.92 Å². The Bertz CT molecular complexity index is 173. The van der Waals surface area contributed by atoms with Crippen molar-refractivity contribution < 1.29 is 0 Å². The van der Waals surface area contributed by atoms with Gasteiger partial charge < -0.3 is 5.01 Å². The van der Waals surface area contributed by atoms with Crippen LogP contribution in [0.15, 0.2) is 11.8 Å². The van der Waals surface area contributed by atoms with E-state index >= 15 is 0 Å². The quantitative estimate of drug-likeness (QED) is 0.659. The van der Waals surface area contributed by atoms with Gasteiger partial charge in [0, 0.05) is 18.8 Å². The molecule has 0 aliphatic heterocycles. The molecule has 0 aromatic rings. The molecule has 0 aromatic carbocycles. The van der Waals surface area contributed by atoms with Crippen LogP contribution in [0.5, 0.6) is 0 Å². The van der Waals surface area contributed by atoms with Gasteiger partial charge in [-0.3, -0.25) is 0 Å². The Hall–Kier alpha value is -0.500. The Kier molecular flexibility index (Phi) is 6.64. The zero-order valence-electron chi connectivity index (χ0n) is 10.6. The largest absolute Gasteiger partial charge is 0.310 e. The Morgan fingerprint density at radius 2 is 1.93 bits per heavy atom. The molecule has 84 valence electrons. The summed E-state index contributed by atoms with van der Waals surface area (Å²) in [6, 6.07) is 0.505. The van der Waals surface area contributed by atoms with Crippen LogP contribution in [0.25, 0.3) is 0 Å². The maximum absolute atomic E-state index is 3.26. The fourth-order valence-electron chi connectivity index (χ4n) is 1.93. The van der Waals surface area contributed by atoms with E-state index in [9.17, 15) is 0 Å². The molecule has 0 radical (unpaired) electrons. The van der Waals surface area contributed by atoms with Gasteiger partial charge >= 0.3 is 0 Å². The lowest BCUT2D eigenvalue weighted by Gasteiger charge is -2.33. The Labute approximate surface area is 89.3 Å². The topological polar surface area (TPSA) is 15.3 Å². The summed E-state index contributed by atoms with van der Waals surface area (Å²) in [7, 11) is 1.99. The third kappa shape index (κ3) is 3.70. The normalized spacial score (nSPS) is 14.6. The Balaban J connectivity index is 4.52. The molecule has 2 heteroatoms. The van der Waals surface area contributed by atoms with E-state index in [2.05, 4.69) is 51.1 Å². The lowest BCUT2D eigenvalue weighted by atomic mass is 10.0. The van der Waals surface area contributed by atoms with Gasteiger partial charge in [0.1, 0.15) is 0 Å². The van der Waals surface area contributed by atoms with Gasteiger partial charge in [-0.05, 0) is 33.1 Å². The average molecular weight is 198 g/mol. The highest BCUT2D eigenvalue weighted by Crippen LogP contribution is 2.20. The minimum atomic E-state index is 0.505. The molecule has 0 saturated heterocycles. The van der Waals surface area contributed by atoms with Crippen molar-refractivity contribution in [3.05, 3.63) is 11.8 Å². The molecule has 0 fully saturated rings. The van der Waals surface area contributed by atoms with Gasteiger partial charge in [0.05, 0.1) is 0 Å². The third-order valence-electron chi connectivity index (χ3n) is 2.56. The van der Waals surface area contributed by atoms with Crippen LogP contribution in [-0.4, -0.2) is 18.1 Å². The molecule has 2 nitrogen and oxygen atoms in total. The number of rotatable bonds is 6. The summed E-state index contributed by atoms with van der Waals surface area (Å²) in [4.78, 5) is 0. The van der Waals surface area contributed by atoms with Crippen molar-refractivity contribution in [1.29, 1.82) is 0 Å². The summed E-state index contributed by atoms with van der Waals surface area (Å²) in [5, 5.41) is 2.25. The summed E-state index contributed by atoms with van der Waals surface area (Å²) >= 11 is 0. The van der Waals surface area contributed by atoms with Crippen LogP contribution in [0.3, 0.4) is 0 Å². The molecule has 0 bridgehead atoms. The molecule has 0 rings (SSSR count). The maximum atomic E-state index is 3.26. The van der Waals surface area contributed by atoms with Gasteiger partial charge in [0.25, 0.3) is 0 Å². The van der Waals surface area contributed by atoms with Crippen LogP contribution in [0.1, 0.15) is 47.5 Å². The molecule has 1 unspecified atom stereocenters. The molecule has 0 aromatic heterocycles. The number of hydrazine groups is 1. The fraction of sp³-hybridized carbons (Fsp3) is 0.833. The molecule has 0 spiro atoms. The van der Waals surface area contributed by atoms with Gasteiger partial charge in [0.15, 0.2) is 0 Å². The highest BCUT2D eigenvalue weighted by atomic mass is 15.5. The molecular formula is C12H26N2. The summed E-state index contributed by atoms with van der Waals surface area (Å²) in [5.74, 6) is 0.639. The molecule has 1 N–H and O–H groups in total. The monoisotopic (exact) mass is 198 g/mol. The smallest absolute Gasteiger partial charge is 0.0394 e. The van der Waals surface area contributed by atoms with E-state index in [1.54, 1.807) is 0 Å². The number of allylic oxidation sites excluding steroid dienone is 2. The van der Waals surface area contributed by atoms with E-state index in [0.29, 0.717) is 12.0 Å². The first-order valence-corrected chi connectivity index (χ1v) is 5.71. The van der Waals surface area contributed by atoms with Crippen molar-refractivity contribution in [2.75, 3.05) is 7.05 Å². The molecule has 14 heavy (non-hydrogen) atoms. The molecular weight excluding hydrogens is 172 g/mol. The molecule has 0 saturated carbocycles. The average Bonchev–Trinajstić information content (AvgIpc) is 2.13. The summed E-state index contributed by atoms with van der Waals surface area (Å²) in [6.07, 6.45) is 4.72. The minimum Gasteiger partial charge on any atom is -0.310 e. The van der Waals surface area contributed by atoms with E-state index < -0.39 is 0 Å².